The molecule has 2 rings (SSSR count). The molecule has 1 N–H and O–H groups in total. The lowest BCUT2D eigenvalue weighted by atomic mass is 10.2. The lowest BCUT2D eigenvalue weighted by Crippen LogP contribution is -2.16. The molecule has 1 amide bonds. The fraction of sp³-hybridized carbons (Fsp3) is 0.167. The monoisotopic (exact) mass is 248 g/mol. The van der Waals surface area contributed by atoms with E-state index in [0.29, 0.717) is 15.6 Å². The van der Waals surface area contributed by atoms with Gasteiger partial charge in [-0.3, -0.25) is 4.79 Å². The zero-order valence-electron chi connectivity index (χ0n) is 9.54. The summed E-state index contributed by atoms with van der Waals surface area (Å²) in [4.78, 5) is 17.8. The quantitative estimate of drug-likeness (QED) is 0.771. The number of phenolic OH excluding ortho intramolecular Hbond substituents is 1. The van der Waals surface area contributed by atoms with Crippen LogP contribution in [0.15, 0.2) is 34.2 Å². The van der Waals surface area contributed by atoms with Gasteiger partial charge >= 0.3 is 0 Å². The smallest absolute Gasteiger partial charge is 0.286 e. The van der Waals surface area contributed by atoms with E-state index in [1.54, 1.807) is 29.2 Å². The highest BCUT2D eigenvalue weighted by Crippen LogP contribution is 2.31. The van der Waals surface area contributed by atoms with Crippen LogP contribution in [0.25, 0.3) is 6.08 Å². The summed E-state index contributed by atoms with van der Waals surface area (Å²) in [7, 11) is 3.67. The van der Waals surface area contributed by atoms with Crippen LogP contribution in [0.4, 0.5) is 0 Å². The Hall–Kier alpha value is -1.75. The van der Waals surface area contributed by atoms with Crippen LogP contribution in [0.5, 0.6) is 5.75 Å². The van der Waals surface area contributed by atoms with Crippen LogP contribution in [0.1, 0.15) is 5.56 Å². The Morgan fingerprint density at radius 2 is 2.06 bits per heavy atom. The van der Waals surface area contributed by atoms with Gasteiger partial charge in [-0.2, -0.15) is 4.99 Å². The summed E-state index contributed by atoms with van der Waals surface area (Å²) >= 11 is 1.31. The molecular formula is C12H12N2O2S. The molecule has 0 saturated carbocycles. The molecule has 1 aliphatic rings. The number of aromatic hydroxyl groups is 1. The van der Waals surface area contributed by atoms with Gasteiger partial charge in [0.1, 0.15) is 5.75 Å². The molecule has 0 atom stereocenters. The highest BCUT2D eigenvalue weighted by molar-refractivity contribution is 8.18. The van der Waals surface area contributed by atoms with Crippen molar-refractivity contribution in [3.8, 4) is 5.75 Å². The summed E-state index contributed by atoms with van der Waals surface area (Å²) in [6.45, 7) is 0. The Kier molecular flexibility index (Phi) is 3.19. The molecule has 5 heteroatoms. The number of benzene rings is 1. The van der Waals surface area contributed by atoms with Crippen LogP contribution in [-0.2, 0) is 4.79 Å². The molecule has 1 aromatic carbocycles. The van der Waals surface area contributed by atoms with Crippen molar-refractivity contribution in [2.75, 3.05) is 14.1 Å². The van der Waals surface area contributed by atoms with Crippen LogP contribution in [0.3, 0.4) is 0 Å². The molecule has 1 aromatic rings. The number of rotatable bonds is 1. The number of aliphatic imine (C=N–C) groups is 1. The van der Waals surface area contributed by atoms with Crippen LogP contribution in [-0.4, -0.2) is 35.2 Å². The zero-order chi connectivity index (χ0) is 12.4. The minimum absolute atomic E-state index is 0.159. The molecule has 0 aliphatic carbocycles. The Bertz CT molecular complexity index is 521. The molecule has 0 saturated heterocycles. The molecule has 88 valence electrons. The van der Waals surface area contributed by atoms with E-state index in [1.165, 1.54) is 11.8 Å². The molecule has 4 nitrogen and oxygen atoms in total. The standard InChI is InChI=1S/C12H12N2O2S/c1-14(2)12-13-11(16)10(17-12)7-8-5-3-4-6-9(8)15/h3-7,15H,1-2H3/b10-7-. The van der Waals surface area contributed by atoms with Crippen molar-refractivity contribution in [2.24, 2.45) is 4.99 Å². The molecule has 1 aliphatic heterocycles. The summed E-state index contributed by atoms with van der Waals surface area (Å²) < 4.78 is 0. The van der Waals surface area contributed by atoms with Crippen LogP contribution in [0.2, 0.25) is 0 Å². The van der Waals surface area contributed by atoms with Crippen molar-refractivity contribution < 1.29 is 9.90 Å². The van der Waals surface area contributed by atoms with Gasteiger partial charge in [-0.25, -0.2) is 0 Å². The van der Waals surface area contributed by atoms with Gasteiger partial charge in [0.25, 0.3) is 5.91 Å². The molecule has 0 unspecified atom stereocenters. The van der Waals surface area contributed by atoms with E-state index >= 15 is 0 Å². The van der Waals surface area contributed by atoms with Crippen LogP contribution >= 0.6 is 11.8 Å². The number of hydrogen-bond donors (Lipinski definition) is 1. The summed E-state index contributed by atoms with van der Waals surface area (Å²) in [5, 5.41) is 10.3. The number of nitrogens with zero attached hydrogens (tertiary/aromatic N) is 2. The zero-order valence-corrected chi connectivity index (χ0v) is 10.4. The molecular weight excluding hydrogens is 236 g/mol. The summed E-state index contributed by atoms with van der Waals surface area (Å²) in [6, 6.07) is 6.89. The maximum Gasteiger partial charge on any atom is 0.286 e. The highest BCUT2D eigenvalue weighted by atomic mass is 32.2. The average molecular weight is 248 g/mol. The fourth-order valence-electron chi connectivity index (χ4n) is 1.34. The van der Waals surface area contributed by atoms with Crippen molar-refractivity contribution >= 4 is 28.9 Å². The minimum atomic E-state index is -0.262. The Morgan fingerprint density at radius 1 is 1.35 bits per heavy atom. The van der Waals surface area contributed by atoms with Gasteiger partial charge in [0.15, 0.2) is 5.17 Å². The predicted octanol–water partition coefficient (Wildman–Crippen LogP) is 1.92. The van der Waals surface area contributed by atoms with Gasteiger partial charge in [0.05, 0.1) is 4.91 Å². The second kappa shape index (κ2) is 4.63. The minimum Gasteiger partial charge on any atom is -0.507 e. The normalized spacial score (nSPS) is 17.4. The Balaban J connectivity index is 2.27. The lowest BCUT2D eigenvalue weighted by molar-refractivity contribution is -0.113. The van der Waals surface area contributed by atoms with Gasteiger partial charge in [0.2, 0.25) is 0 Å². The number of para-hydroxylation sites is 1. The van der Waals surface area contributed by atoms with Gasteiger partial charge in [-0.1, -0.05) is 18.2 Å². The van der Waals surface area contributed by atoms with Crippen molar-refractivity contribution in [3.05, 3.63) is 34.7 Å². The first-order valence-corrected chi connectivity index (χ1v) is 5.87. The molecule has 0 spiro atoms. The Morgan fingerprint density at radius 3 is 2.65 bits per heavy atom. The third kappa shape index (κ3) is 2.50. The predicted molar refractivity (Wildman–Crippen MR) is 69.8 cm³/mol. The van der Waals surface area contributed by atoms with Crippen LogP contribution < -0.4 is 0 Å². The third-order valence-corrected chi connectivity index (χ3v) is 3.37. The fourth-order valence-corrected chi connectivity index (χ4v) is 2.17. The summed E-state index contributed by atoms with van der Waals surface area (Å²) in [5.74, 6) is -0.103. The van der Waals surface area contributed by atoms with Gasteiger partial charge < -0.3 is 10.0 Å². The molecule has 1 heterocycles. The maximum atomic E-state index is 11.6. The second-order valence-electron chi connectivity index (χ2n) is 3.76. The number of carbonyl (C=O) groups is 1. The number of amidine groups is 1. The SMILES string of the molecule is CN(C)C1=NC(=O)/C(=C/c2ccccc2O)S1. The van der Waals surface area contributed by atoms with E-state index in [1.807, 2.05) is 20.2 Å². The van der Waals surface area contributed by atoms with Crippen LogP contribution in [0, 0.1) is 0 Å². The van der Waals surface area contributed by atoms with Gasteiger partial charge in [0, 0.05) is 19.7 Å². The molecule has 0 radical (unpaired) electrons. The average Bonchev–Trinajstić information content (AvgIpc) is 2.64. The van der Waals surface area contributed by atoms with E-state index in [0.717, 1.165) is 0 Å². The first-order valence-electron chi connectivity index (χ1n) is 5.06. The highest BCUT2D eigenvalue weighted by Gasteiger charge is 2.23. The number of phenols is 1. The van der Waals surface area contributed by atoms with Crippen molar-refractivity contribution in [1.82, 2.24) is 4.90 Å². The van der Waals surface area contributed by atoms with Gasteiger partial charge in [-0.05, 0) is 23.9 Å². The number of thioether (sulfide) groups is 1. The van der Waals surface area contributed by atoms with Gasteiger partial charge in [-0.15, -0.1) is 0 Å². The maximum absolute atomic E-state index is 11.6. The number of hydrogen-bond acceptors (Lipinski definition) is 4. The topological polar surface area (TPSA) is 52.9 Å². The molecule has 0 bridgehead atoms. The first kappa shape index (κ1) is 11.7. The summed E-state index contributed by atoms with van der Waals surface area (Å²) in [6.07, 6.45) is 1.66. The van der Waals surface area contributed by atoms with Crippen molar-refractivity contribution in [2.45, 2.75) is 0 Å². The Labute approximate surface area is 104 Å². The largest absolute Gasteiger partial charge is 0.507 e. The second-order valence-corrected chi connectivity index (χ2v) is 4.77. The summed E-state index contributed by atoms with van der Waals surface area (Å²) in [5.41, 5.74) is 0.624. The van der Waals surface area contributed by atoms with E-state index in [-0.39, 0.29) is 11.7 Å². The molecule has 0 aromatic heterocycles. The first-order chi connectivity index (χ1) is 8.08. The lowest BCUT2D eigenvalue weighted by Gasteiger charge is -2.08. The number of amides is 1. The van der Waals surface area contributed by atoms with E-state index in [2.05, 4.69) is 4.99 Å². The van der Waals surface area contributed by atoms with Crippen molar-refractivity contribution in [1.29, 1.82) is 0 Å². The molecule has 0 fully saturated rings. The number of carbonyl (C=O) groups excluding carboxylic acids is 1. The molecule has 17 heavy (non-hydrogen) atoms. The van der Waals surface area contributed by atoms with Crippen molar-refractivity contribution in [3.63, 3.8) is 0 Å². The van der Waals surface area contributed by atoms with E-state index < -0.39 is 0 Å². The van der Waals surface area contributed by atoms with E-state index in [9.17, 15) is 9.90 Å². The third-order valence-electron chi connectivity index (χ3n) is 2.22. The van der Waals surface area contributed by atoms with E-state index in [4.69, 9.17) is 0 Å².